The Bertz CT molecular complexity index is 205. The van der Waals surface area contributed by atoms with Gasteiger partial charge in [-0.3, -0.25) is 0 Å². The Morgan fingerprint density at radius 3 is 2.46 bits per heavy atom. The highest BCUT2D eigenvalue weighted by atomic mass is 28.3. The van der Waals surface area contributed by atoms with Crippen LogP contribution in [0.3, 0.4) is 0 Å². The lowest BCUT2D eigenvalue weighted by molar-refractivity contribution is 0.918. The molecule has 0 fully saturated rings. The van der Waals surface area contributed by atoms with Crippen LogP contribution < -0.4 is 0 Å². The first-order valence-corrected chi connectivity index (χ1v) is 8.41. The molecule has 0 saturated heterocycles. The molecule has 2 heteroatoms. The van der Waals surface area contributed by atoms with Gasteiger partial charge in [0.25, 0.3) is 0 Å². The maximum absolute atomic E-state index is 8.49. The van der Waals surface area contributed by atoms with Gasteiger partial charge in [-0.05, 0) is 0 Å². The van der Waals surface area contributed by atoms with Gasteiger partial charge in [-0.1, -0.05) is 31.4 Å². The van der Waals surface area contributed by atoms with Crippen LogP contribution in [0.1, 0.15) is 25.7 Å². The molecule has 0 bridgehead atoms. The standard InChI is InChI=1S/C11H19NSi/c1-13(11-7-4-8-12)9-5-2-3-6-10-13/h2-3H,4-7,9-11H2,1H3/q-1. The second-order valence-corrected chi connectivity index (χ2v) is 9.49. The molecule has 1 aliphatic heterocycles. The zero-order chi connectivity index (χ0) is 9.57. The van der Waals surface area contributed by atoms with Crippen molar-refractivity contribution in [2.24, 2.45) is 0 Å². The minimum absolute atomic E-state index is 0.760. The van der Waals surface area contributed by atoms with Crippen molar-refractivity contribution in [1.29, 1.82) is 5.26 Å². The van der Waals surface area contributed by atoms with E-state index in [1.54, 1.807) is 0 Å². The molecule has 1 heterocycles. The average molecular weight is 193 g/mol. The van der Waals surface area contributed by atoms with E-state index in [9.17, 15) is 0 Å². The fourth-order valence-electron chi connectivity index (χ4n) is 2.07. The third-order valence-corrected chi connectivity index (χ3v) is 7.62. The normalized spacial score (nSPS) is 20.6. The number of hydrogen-bond acceptors (Lipinski definition) is 1. The molecule has 0 atom stereocenters. The summed E-state index contributed by atoms with van der Waals surface area (Å²) in [5.74, 6) is 0. The smallest absolute Gasteiger partial charge is 0.0620 e. The van der Waals surface area contributed by atoms with E-state index in [0.717, 1.165) is 12.8 Å². The van der Waals surface area contributed by atoms with Gasteiger partial charge >= 0.3 is 0 Å². The van der Waals surface area contributed by atoms with Crippen LogP contribution in [0.4, 0.5) is 0 Å². The maximum atomic E-state index is 8.49. The molecule has 1 nitrogen and oxygen atoms in total. The predicted molar refractivity (Wildman–Crippen MR) is 59.3 cm³/mol. The Kier molecular flexibility index (Phi) is 4.24. The van der Waals surface area contributed by atoms with Gasteiger partial charge < -0.3 is 0 Å². The lowest BCUT2D eigenvalue weighted by Gasteiger charge is -2.37. The van der Waals surface area contributed by atoms with E-state index in [2.05, 4.69) is 24.8 Å². The van der Waals surface area contributed by atoms with Gasteiger partial charge in [0, 0.05) is 6.42 Å². The van der Waals surface area contributed by atoms with Gasteiger partial charge in [0.2, 0.25) is 0 Å². The molecule has 0 saturated carbocycles. The summed E-state index contributed by atoms with van der Waals surface area (Å²) in [4.78, 5) is 0. The van der Waals surface area contributed by atoms with Crippen LogP contribution in [0.25, 0.3) is 0 Å². The van der Waals surface area contributed by atoms with Crippen LogP contribution in [0.5, 0.6) is 0 Å². The molecule has 73 valence electrons. The third-order valence-electron chi connectivity index (χ3n) is 3.06. The topological polar surface area (TPSA) is 23.8 Å². The van der Waals surface area contributed by atoms with Crippen LogP contribution in [-0.2, 0) is 0 Å². The fourth-order valence-corrected chi connectivity index (χ4v) is 5.58. The van der Waals surface area contributed by atoms with Gasteiger partial charge in [0.15, 0.2) is 0 Å². The van der Waals surface area contributed by atoms with Crippen LogP contribution in [0.15, 0.2) is 12.2 Å². The van der Waals surface area contributed by atoms with Crippen molar-refractivity contribution >= 4 is 8.07 Å². The fraction of sp³-hybridized carbons (Fsp3) is 0.727. The van der Waals surface area contributed by atoms with Crippen LogP contribution in [-0.4, -0.2) is 8.07 Å². The molecule has 0 unspecified atom stereocenters. The van der Waals surface area contributed by atoms with E-state index in [0.29, 0.717) is 0 Å². The number of unbranched alkanes of at least 4 members (excludes halogenated alkanes) is 1. The Balaban J connectivity index is 2.32. The molecule has 0 aliphatic carbocycles. The minimum atomic E-state index is -0.938. The summed E-state index contributed by atoms with van der Waals surface area (Å²) in [6.45, 7) is 2.51. The van der Waals surface area contributed by atoms with Crippen molar-refractivity contribution in [2.45, 2.75) is 50.4 Å². The largest absolute Gasteiger partial charge is 0.198 e. The van der Waals surface area contributed by atoms with E-state index in [1.807, 2.05) is 0 Å². The van der Waals surface area contributed by atoms with Crippen LogP contribution in [0, 0.1) is 11.3 Å². The summed E-state index contributed by atoms with van der Waals surface area (Å²) in [6.07, 6.45) is 9.14. The van der Waals surface area contributed by atoms with Crippen molar-refractivity contribution in [2.75, 3.05) is 0 Å². The lowest BCUT2D eigenvalue weighted by atomic mass is 10.4. The maximum Gasteiger partial charge on any atom is 0.0620 e. The lowest BCUT2D eigenvalue weighted by Crippen LogP contribution is -2.28. The summed E-state index contributed by atoms with van der Waals surface area (Å²) in [6, 6.07) is 6.49. The summed E-state index contributed by atoms with van der Waals surface area (Å²) in [5.41, 5.74) is 0. The Hall–Kier alpha value is -0.553. The van der Waals surface area contributed by atoms with Crippen molar-refractivity contribution in [3.05, 3.63) is 12.2 Å². The summed E-state index contributed by atoms with van der Waals surface area (Å²) < 4.78 is 0. The highest BCUT2D eigenvalue weighted by Crippen LogP contribution is 2.29. The van der Waals surface area contributed by atoms with E-state index in [1.165, 1.54) is 31.0 Å². The molecule has 1 rings (SSSR count). The summed E-state index contributed by atoms with van der Waals surface area (Å²) >= 11 is 0. The number of nitriles is 1. The minimum Gasteiger partial charge on any atom is -0.198 e. The van der Waals surface area contributed by atoms with Gasteiger partial charge in [-0.15, -0.1) is 8.07 Å². The van der Waals surface area contributed by atoms with E-state index < -0.39 is 8.07 Å². The Labute approximate surface area is 82.5 Å². The molecule has 0 radical (unpaired) electrons. The highest BCUT2D eigenvalue weighted by molar-refractivity contribution is 6.78. The summed E-state index contributed by atoms with van der Waals surface area (Å²) in [5, 5.41) is 8.49. The highest BCUT2D eigenvalue weighted by Gasteiger charge is 2.13. The first-order valence-electron chi connectivity index (χ1n) is 5.29. The molecule has 0 aromatic heterocycles. The van der Waals surface area contributed by atoms with E-state index >= 15 is 0 Å². The molecule has 13 heavy (non-hydrogen) atoms. The molecule has 0 spiro atoms. The SMILES string of the molecule is C[Si-]1(CCCC#N)CCC=CCC1. The first-order chi connectivity index (χ1) is 6.27. The van der Waals surface area contributed by atoms with Crippen LogP contribution >= 0.6 is 0 Å². The summed E-state index contributed by atoms with van der Waals surface area (Å²) in [7, 11) is -0.938. The molecule has 1 aliphatic rings. The molecule has 0 N–H and O–H groups in total. The zero-order valence-corrected chi connectivity index (χ0v) is 9.55. The Morgan fingerprint density at radius 1 is 1.31 bits per heavy atom. The number of rotatable bonds is 3. The second-order valence-electron chi connectivity index (χ2n) is 4.37. The monoisotopic (exact) mass is 193 g/mol. The molecule has 0 amide bonds. The first kappa shape index (κ1) is 10.5. The van der Waals surface area contributed by atoms with Crippen molar-refractivity contribution in [1.82, 2.24) is 0 Å². The number of hydrogen-bond donors (Lipinski definition) is 0. The predicted octanol–water partition coefficient (Wildman–Crippen LogP) is 3.72. The molecular formula is C11H19NSi-. The van der Waals surface area contributed by atoms with E-state index in [4.69, 9.17) is 5.26 Å². The van der Waals surface area contributed by atoms with E-state index in [-0.39, 0.29) is 0 Å². The van der Waals surface area contributed by atoms with Crippen molar-refractivity contribution in [3.8, 4) is 6.07 Å². The number of allylic oxidation sites excluding steroid dienone is 2. The second kappa shape index (κ2) is 5.24. The number of nitrogens with zero attached hydrogens (tertiary/aromatic N) is 1. The molecular weight excluding hydrogens is 174 g/mol. The molecule has 0 aromatic carbocycles. The van der Waals surface area contributed by atoms with Crippen LogP contribution in [0.2, 0.25) is 24.7 Å². The average Bonchev–Trinajstić information content (AvgIpc) is 2.31. The third kappa shape index (κ3) is 3.78. The zero-order valence-electron chi connectivity index (χ0n) is 8.55. The molecule has 0 aromatic rings. The van der Waals surface area contributed by atoms with Gasteiger partial charge in [0.05, 0.1) is 6.07 Å². The van der Waals surface area contributed by atoms with Crippen molar-refractivity contribution < 1.29 is 0 Å². The quantitative estimate of drug-likeness (QED) is 0.381. The van der Waals surface area contributed by atoms with Gasteiger partial charge in [0.1, 0.15) is 0 Å². The Morgan fingerprint density at radius 2 is 1.92 bits per heavy atom. The van der Waals surface area contributed by atoms with Gasteiger partial charge in [-0.25, -0.2) is 0 Å². The van der Waals surface area contributed by atoms with Gasteiger partial charge in [-0.2, -0.15) is 29.9 Å². The van der Waals surface area contributed by atoms with Crippen molar-refractivity contribution in [3.63, 3.8) is 0 Å².